The molecule has 0 spiro atoms. The van der Waals surface area contributed by atoms with Crippen LogP contribution in [0.25, 0.3) is 277 Å². The maximum absolute atomic E-state index is 6.27. The van der Waals surface area contributed by atoms with Crippen LogP contribution in [0.15, 0.2) is 473 Å². The molecule has 0 fully saturated rings. The average Bonchev–Trinajstić information content (AvgIpc) is 1.12. The zero-order valence-electron chi connectivity index (χ0n) is 73.1. The van der Waals surface area contributed by atoms with Crippen LogP contribution in [0.4, 0.5) is 0 Å². The molecular formula is C125H75N7O4. The molecule has 0 saturated heterocycles. The highest BCUT2D eigenvalue weighted by Crippen LogP contribution is 2.49. The molecule has 0 aliphatic carbocycles. The minimum absolute atomic E-state index is 0.593. The molecule has 11 heteroatoms. The molecule has 0 saturated carbocycles. The predicted molar refractivity (Wildman–Crippen MR) is 558 cm³/mol. The Labute approximate surface area is 778 Å². The van der Waals surface area contributed by atoms with Gasteiger partial charge in [0.25, 0.3) is 0 Å². The molecule has 7 heterocycles. The summed E-state index contributed by atoms with van der Waals surface area (Å²) in [4.78, 5) is 36.4. The fourth-order valence-corrected chi connectivity index (χ4v) is 20.1. The zero-order valence-corrected chi connectivity index (χ0v) is 73.1. The zero-order chi connectivity index (χ0) is 89.7. The molecule has 11 nitrogen and oxygen atoms in total. The van der Waals surface area contributed by atoms with Crippen molar-refractivity contribution in [1.29, 1.82) is 0 Å². The molecule has 21 aromatic carbocycles. The highest BCUT2D eigenvalue weighted by molar-refractivity contribution is 6.21. The molecule has 0 bridgehead atoms. The number of fused-ring (bicyclic) bond motifs is 20. The number of rotatable bonds is 11. The highest BCUT2D eigenvalue weighted by Gasteiger charge is 2.26. The number of nitrogens with zero attached hydrogens (tertiary/aromatic N) is 7. The second-order valence-electron chi connectivity index (χ2n) is 34.2. The first-order chi connectivity index (χ1) is 67.4. The maximum atomic E-state index is 6.27. The van der Waals surface area contributed by atoms with Gasteiger partial charge in [-0.2, -0.15) is 0 Å². The van der Waals surface area contributed by atoms with Crippen molar-refractivity contribution in [2.75, 3.05) is 0 Å². The molecular weight excluding hydrogens is 1660 g/mol. The van der Waals surface area contributed by atoms with Crippen LogP contribution in [0.5, 0.6) is 0 Å². The minimum Gasteiger partial charge on any atom is -0.456 e. The van der Waals surface area contributed by atoms with Crippen LogP contribution in [-0.4, -0.2) is 34.9 Å². The Morgan fingerprint density at radius 2 is 0.419 bits per heavy atom. The lowest BCUT2D eigenvalue weighted by molar-refractivity contribution is 0.668. The number of hydrogen-bond donors (Lipinski definition) is 0. The lowest BCUT2D eigenvalue weighted by Gasteiger charge is -2.16. The van der Waals surface area contributed by atoms with Crippen molar-refractivity contribution in [3.63, 3.8) is 0 Å². The predicted octanol–water partition coefficient (Wildman–Crippen LogP) is 33.7. The smallest absolute Gasteiger partial charge is 0.164 e. The van der Waals surface area contributed by atoms with Crippen molar-refractivity contribution in [3.8, 4) is 124 Å². The molecule has 634 valence electrons. The molecule has 0 atom stereocenters. The van der Waals surface area contributed by atoms with Crippen molar-refractivity contribution in [1.82, 2.24) is 34.9 Å². The highest BCUT2D eigenvalue weighted by atomic mass is 16.3. The van der Waals surface area contributed by atoms with E-state index in [2.05, 4.69) is 309 Å². The summed E-state index contributed by atoms with van der Waals surface area (Å²) < 4.78 is 24.8. The Kier molecular flexibility index (Phi) is 19.0. The van der Waals surface area contributed by atoms with Crippen LogP contribution in [0.1, 0.15) is 0 Å². The molecule has 0 amide bonds. The van der Waals surface area contributed by atoms with Crippen molar-refractivity contribution >= 4 is 153 Å². The van der Waals surface area contributed by atoms with Gasteiger partial charge in [-0.05, 0) is 144 Å². The fraction of sp³-hybridized carbons (Fsp3) is 0. The van der Waals surface area contributed by atoms with Crippen molar-refractivity contribution in [3.05, 3.63) is 455 Å². The second-order valence-corrected chi connectivity index (χ2v) is 34.2. The van der Waals surface area contributed by atoms with Crippen LogP contribution in [0.2, 0.25) is 0 Å². The lowest BCUT2D eigenvalue weighted by Crippen LogP contribution is -2.00. The normalized spacial score (nSPS) is 11.7. The topological polar surface area (TPSA) is 143 Å². The molecule has 0 aliphatic rings. The summed E-state index contributed by atoms with van der Waals surface area (Å²) in [6.07, 6.45) is 0. The minimum atomic E-state index is 0.593. The standard InChI is InChI=1S/2C46H28N2O.C33H19N3O2/c1-3-13-29(14-4-1)44-45(30-15-5-2-6-16-30)48-46-38-22-11-20-33(36(38)27-28-40(46)47-44)34-25-26-35(32-18-8-7-17-31(32)34)37-21-12-24-42-43(37)39-19-9-10-23-41(39)49-42;1-2-13-30(14-3-1)44-45(32-25-24-29-12-4-5-15-31(29)28-32)47-40-27-26-36-34(19-10-21-38(36)46(40)48-44)33-16-6-7-17-35(33)37-20-11-23-42-43(37)39-18-8-9-22-41(39)49-42;1-2-10-20(11-3-1)31-34-32(23-14-8-18-27-29(23)21-12-4-6-16-25(21)37-27)36-33(35-31)24-15-9-19-28-30(24)22-13-5-7-17-26(22)38-28/h2*1-28H;1-19H. The van der Waals surface area contributed by atoms with E-state index in [9.17, 15) is 0 Å². The Morgan fingerprint density at radius 3 is 0.868 bits per heavy atom. The van der Waals surface area contributed by atoms with Crippen LogP contribution in [0.3, 0.4) is 0 Å². The summed E-state index contributed by atoms with van der Waals surface area (Å²) in [5.74, 6) is 1.80. The third kappa shape index (κ3) is 13.5. The summed E-state index contributed by atoms with van der Waals surface area (Å²) in [7, 11) is 0. The largest absolute Gasteiger partial charge is 0.456 e. The monoisotopic (exact) mass is 1740 g/mol. The Morgan fingerprint density at radius 1 is 0.140 bits per heavy atom. The van der Waals surface area contributed by atoms with Gasteiger partial charge in [-0.1, -0.05) is 388 Å². The van der Waals surface area contributed by atoms with E-state index < -0.39 is 0 Å². The average molecular weight is 1740 g/mol. The van der Waals surface area contributed by atoms with Gasteiger partial charge in [0.1, 0.15) is 44.7 Å². The van der Waals surface area contributed by atoms with Gasteiger partial charge in [-0.25, -0.2) is 34.9 Å². The van der Waals surface area contributed by atoms with Gasteiger partial charge in [-0.15, -0.1) is 0 Å². The lowest BCUT2D eigenvalue weighted by atomic mass is 9.89. The third-order valence-electron chi connectivity index (χ3n) is 26.3. The Balaban J connectivity index is 0.000000107. The first-order valence-electron chi connectivity index (χ1n) is 45.6. The summed E-state index contributed by atoms with van der Waals surface area (Å²) in [6.45, 7) is 0. The van der Waals surface area contributed by atoms with Gasteiger partial charge >= 0.3 is 0 Å². The number of para-hydroxylation sites is 4. The van der Waals surface area contributed by atoms with Crippen molar-refractivity contribution < 1.29 is 17.7 Å². The van der Waals surface area contributed by atoms with E-state index >= 15 is 0 Å². The molecule has 0 N–H and O–H groups in total. The molecule has 28 aromatic rings. The van der Waals surface area contributed by atoms with Crippen LogP contribution >= 0.6 is 0 Å². The van der Waals surface area contributed by atoms with Crippen molar-refractivity contribution in [2.24, 2.45) is 0 Å². The van der Waals surface area contributed by atoms with Gasteiger partial charge in [0, 0.05) is 92.8 Å². The molecule has 0 radical (unpaired) electrons. The van der Waals surface area contributed by atoms with Gasteiger partial charge < -0.3 is 17.7 Å². The summed E-state index contributed by atoms with van der Waals surface area (Å²) in [5, 5.41) is 17.8. The molecule has 28 rings (SSSR count). The van der Waals surface area contributed by atoms with E-state index in [4.69, 9.17) is 52.6 Å². The first-order valence-corrected chi connectivity index (χ1v) is 45.6. The maximum Gasteiger partial charge on any atom is 0.164 e. The van der Waals surface area contributed by atoms with E-state index in [1.807, 2.05) is 146 Å². The van der Waals surface area contributed by atoms with Crippen molar-refractivity contribution in [2.45, 2.75) is 0 Å². The summed E-state index contributed by atoms with van der Waals surface area (Å²) in [5.41, 5.74) is 30.2. The van der Waals surface area contributed by atoms with E-state index in [1.165, 1.54) is 43.8 Å². The Bertz CT molecular complexity index is 9520. The summed E-state index contributed by atoms with van der Waals surface area (Å²) in [6, 6.07) is 157. The van der Waals surface area contributed by atoms with E-state index in [0.29, 0.717) is 17.5 Å². The van der Waals surface area contributed by atoms with E-state index in [1.54, 1.807) is 0 Å². The Hall–Kier alpha value is -18.5. The number of hydrogen-bond acceptors (Lipinski definition) is 11. The van der Waals surface area contributed by atoms with E-state index in [-0.39, 0.29) is 0 Å². The quantitative estimate of drug-likeness (QED) is 0.114. The molecule has 136 heavy (non-hydrogen) atoms. The second kappa shape index (κ2) is 32.9. The third-order valence-corrected chi connectivity index (χ3v) is 26.3. The molecule has 0 aliphatic heterocycles. The first kappa shape index (κ1) is 78.6. The number of benzene rings is 21. The van der Waals surface area contributed by atoms with Gasteiger partial charge in [0.15, 0.2) is 17.5 Å². The van der Waals surface area contributed by atoms with Gasteiger partial charge in [0.05, 0.1) is 44.8 Å². The molecule has 7 aromatic heterocycles. The SMILES string of the molecule is c1ccc(-c2nc(-c3cccc4oc5ccccc5c34)nc(-c3cccc4oc5ccccc5c34)n2)cc1.c1ccc(-c2nc3c(ccc4c(-c5ccccc5-c5cccc6oc7ccccc7c56)cccc43)nc2-c2ccc3ccccc3c2)cc1.c1ccc(-c2nc3ccc4c(-c5ccc(-c6cccc7oc8ccccc8c67)c6ccccc56)cccc4c3nc2-c2ccccc2)cc1. The van der Waals surface area contributed by atoms with Gasteiger partial charge in [0.2, 0.25) is 0 Å². The van der Waals surface area contributed by atoms with Crippen LogP contribution < -0.4 is 0 Å². The van der Waals surface area contributed by atoms with Crippen LogP contribution in [0, 0.1) is 0 Å². The summed E-state index contributed by atoms with van der Waals surface area (Å²) >= 11 is 0. The van der Waals surface area contributed by atoms with Crippen LogP contribution in [-0.2, 0) is 0 Å². The van der Waals surface area contributed by atoms with E-state index in [0.717, 1.165) is 215 Å². The van der Waals surface area contributed by atoms with Gasteiger partial charge in [-0.3, -0.25) is 0 Å². The fourth-order valence-electron chi connectivity index (χ4n) is 20.1. The number of furan rings is 4. The number of aromatic nitrogens is 7. The molecule has 0 unspecified atom stereocenters.